The van der Waals surface area contributed by atoms with Gasteiger partial charge in [0, 0.05) is 51.6 Å². The van der Waals surface area contributed by atoms with E-state index in [-0.39, 0.29) is 18.1 Å². The Morgan fingerprint density at radius 1 is 1.40 bits per heavy atom. The average Bonchev–Trinajstić information content (AvgIpc) is 3.18. The van der Waals surface area contributed by atoms with Crippen molar-refractivity contribution in [2.75, 3.05) is 32.9 Å². The van der Waals surface area contributed by atoms with E-state index >= 15 is 0 Å². The summed E-state index contributed by atoms with van der Waals surface area (Å²) in [6, 6.07) is 1.98. The van der Waals surface area contributed by atoms with Crippen molar-refractivity contribution in [3.05, 3.63) is 17.5 Å². The third-order valence-electron chi connectivity index (χ3n) is 4.41. The highest BCUT2D eigenvalue weighted by molar-refractivity contribution is 7.89. The Balaban J connectivity index is 0.000000701. The summed E-state index contributed by atoms with van der Waals surface area (Å²) < 4.78 is 30.4. The van der Waals surface area contributed by atoms with Crippen LogP contribution < -0.4 is 0 Å². The third kappa shape index (κ3) is 5.50. The minimum Gasteiger partial charge on any atom is -0.483 e. The van der Waals surface area contributed by atoms with Gasteiger partial charge in [0.05, 0.1) is 17.6 Å². The quantitative estimate of drug-likeness (QED) is 0.663. The number of carbonyl (C=O) groups is 1. The van der Waals surface area contributed by atoms with Gasteiger partial charge in [0.1, 0.15) is 5.76 Å². The van der Waals surface area contributed by atoms with E-state index in [1.165, 1.54) is 31.2 Å². The zero-order valence-corrected chi connectivity index (χ0v) is 15.2. The Morgan fingerprint density at radius 3 is 2.60 bits per heavy atom. The molecule has 25 heavy (non-hydrogen) atoms. The summed E-state index contributed by atoms with van der Waals surface area (Å²) in [7, 11) is -0.263. The highest BCUT2D eigenvalue weighted by Crippen LogP contribution is 2.40. The van der Waals surface area contributed by atoms with Gasteiger partial charge >= 0.3 is 0 Å². The van der Waals surface area contributed by atoms with Gasteiger partial charge in [0.15, 0.2) is 0 Å². The number of rotatable bonds is 6. The molecule has 2 aliphatic rings. The van der Waals surface area contributed by atoms with Gasteiger partial charge < -0.3 is 14.7 Å². The molecular formula is C15H25N3O6S. The molecule has 10 heteroatoms. The molecule has 142 valence electrons. The SMILES string of the molecule is CN(C)S(=O)(=O)C[C@@H]1CN(Cc2cc(C3CC3)on2)C[C@H]1O.O=CO. The van der Waals surface area contributed by atoms with Gasteiger partial charge in [-0.1, -0.05) is 5.16 Å². The van der Waals surface area contributed by atoms with Crippen LogP contribution in [0.3, 0.4) is 0 Å². The largest absolute Gasteiger partial charge is 0.483 e. The lowest BCUT2D eigenvalue weighted by atomic mass is 10.1. The molecule has 1 saturated carbocycles. The van der Waals surface area contributed by atoms with E-state index in [0.29, 0.717) is 25.6 Å². The lowest BCUT2D eigenvalue weighted by Gasteiger charge is -2.17. The molecule has 1 aliphatic carbocycles. The van der Waals surface area contributed by atoms with Crippen LogP contribution in [0, 0.1) is 5.92 Å². The molecule has 2 N–H and O–H groups in total. The Bertz CT molecular complexity index is 671. The van der Waals surface area contributed by atoms with E-state index in [0.717, 1.165) is 11.5 Å². The van der Waals surface area contributed by atoms with Crippen molar-refractivity contribution < 1.29 is 27.9 Å². The van der Waals surface area contributed by atoms with Crippen molar-refractivity contribution in [1.82, 2.24) is 14.4 Å². The molecule has 1 aliphatic heterocycles. The third-order valence-corrected chi connectivity index (χ3v) is 6.37. The second kappa shape index (κ2) is 8.26. The van der Waals surface area contributed by atoms with Crippen molar-refractivity contribution in [3.8, 4) is 0 Å². The van der Waals surface area contributed by atoms with Crippen molar-refractivity contribution in [2.45, 2.75) is 31.4 Å². The fourth-order valence-corrected chi connectivity index (χ4v) is 4.01. The molecule has 1 saturated heterocycles. The molecule has 0 radical (unpaired) electrons. The summed E-state index contributed by atoms with van der Waals surface area (Å²) in [6.45, 7) is 1.37. The van der Waals surface area contributed by atoms with Gasteiger partial charge in [-0.15, -0.1) is 0 Å². The number of nitrogens with zero attached hydrogens (tertiary/aromatic N) is 3. The maximum absolute atomic E-state index is 12.0. The predicted molar refractivity (Wildman–Crippen MR) is 89.4 cm³/mol. The predicted octanol–water partition coefficient (Wildman–Crippen LogP) is -0.0631. The summed E-state index contributed by atoms with van der Waals surface area (Å²) in [5, 5.41) is 21.1. The Hall–Kier alpha value is -1.49. The van der Waals surface area contributed by atoms with Gasteiger partial charge in [0.2, 0.25) is 10.0 Å². The average molecular weight is 375 g/mol. The Morgan fingerprint density at radius 2 is 2.04 bits per heavy atom. The number of aliphatic hydroxyl groups excluding tert-OH is 1. The summed E-state index contributed by atoms with van der Waals surface area (Å²) in [5.74, 6) is 1.19. The smallest absolute Gasteiger partial charge is 0.290 e. The zero-order valence-electron chi connectivity index (χ0n) is 14.4. The number of likely N-dealkylation sites (tertiary alicyclic amines) is 1. The number of carboxylic acid groups (broad SMARTS) is 1. The van der Waals surface area contributed by atoms with Crippen molar-refractivity contribution >= 4 is 16.5 Å². The van der Waals surface area contributed by atoms with Crippen LogP contribution in [0.2, 0.25) is 0 Å². The van der Waals surface area contributed by atoms with Crippen LogP contribution in [0.5, 0.6) is 0 Å². The number of β-amino-alcohol motifs (C(OH)–C–C–N with tert-alkyl or cyclic N) is 1. The number of sulfonamides is 1. The van der Waals surface area contributed by atoms with Crippen LogP contribution in [-0.4, -0.2) is 78.5 Å². The maximum Gasteiger partial charge on any atom is 0.290 e. The van der Waals surface area contributed by atoms with E-state index in [1.807, 2.05) is 11.0 Å². The molecular weight excluding hydrogens is 350 g/mol. The number of aliphatic hydroxyl groups is 1. The molecule has 2 atom stereocenters. The fourth-order valence-electron chi connectivity index (χ4n) is 2.85. The van der Waals surface area contributed by atoms with Gasteiger partial charge in [-0.05, 0) is 12.8 Å². The van der Waals surface area contributed by atoms with E-state index in [1.54, 1.807) is 0 Å². The number of hydrogen-bond donors (Lipinski definition) is 2. The molecule has 1 aromatic heterocycles. The fraction of sp³-hybridized carbons (Fsp3) is 0.733. The molecule has 0 amide bonds. The first kappa shape index (κ1) is 19.8. The first-order valence-corrected chi connectivity index (χ1v) is 9.71. The summed E-state index contributed by atoms with van der Waals surface area (Å²) in [6.07, 6.45) is 1.72. The van der Waals surface area contributed by atoms with E-state index < -0.39 is 16.1 Å². The van der Waals surface area contributed by atoms with Crippen LogP contribution >= 0.6 is 0 Å². The summed E-state index contributed by atoms with van der Waals surface area (Å²) in [4.78, 5) is 10.4. The van der Waals surface area contributed by atoms with Gasteiger partial charge in [-0.25, -0.2) is 12.7 Å². The monoisotopic (exact) mass is 375 g/mol. The molecule has 1 aromatic rings. The highest BCUT2D eigenvalue weighted by Gasteiger charge is 2.36. The number of aromatic nitrogens is 1. The lowest BCUT2D eigenvalue weighted by molar-refractivity contribution is -0.122. The molecule has 0 bridgehead atoms. The first-order valence-electron chi connectivity index (χ1n) is 8.10. The van der Waals surface area contributed by atoms with Crippen LogP contribution in [0.15, 0.2) is 10.6 Å². The summed E-state index contributed by atoms with van der Waals surface area (Å²) in [5.41, 5.74) is 0.852. The summed E-state index contributed by atoms with van der Waals surface area (Å²) >= 11 is 0. The second-order valence-electron chi connectivity index (χ2n) is 6.68. The van der Waals surface area contributed by atoms with Crippen molar-refractivity contribution in [2.24, 2.45) is 5.92 Å². The Labute approximate surface area is 147 Å². The standard InChI is InChI=1S/C14H23N3O4S.CH2O2/c1-16(2)22(19,20)9-11-6-17(8-13(11)18)7-12-5-14(21-15-12)10-3-4-10;2-1-3/h5,10-11,13,18H,3-4,6-9H2,1-2H3;1H,(H,2,3)/t11-,13+;/m0./s1. The van der Waals surface area contributed by atoms with Crippen LogP contribution in [0.25, 0.3) is 0 Å². The van der Waals surface area contributed by atoms with Crippen molar-refractivity contribution in [1.29, 1.82) is 0 Å². The molecule has 3 rings (SSSR count). The maximum atomic E-state index is 12.0. The van der Waals surface area contributed by atoms with E-state index in [9.17, 15) is 13.5 Å². The molecule has 0 unspecified atom stereocenters. The normalized spacial score (nSPS) is 24.2. The van der Waals surface area contributed by atoms with Crippen LogP contribution in [-0.2, 0) is 21.4 Å². The Kier molecular flexibility index (Phi) is 6.55. The molecule has 2 fully saturated rings. The molecule has 2 heterocycles. The van der Waals surface area contributed by atoms with Crippen LogP contribution in [0.1, 0.15) is 30.2 Å². The topological polar surface area (TPSA) is 124 Å². The highest BCUT2D eigenvalue weighted by atomic mass is 32.2. The number of hydrogen-bond acceptors (Lipinski definition) is 7. The molecule has 0 spiro atoms. The van der Waals surface area contributed by atoms with E-state index in [2.05, 4.69) is 5.16 Å². The first-order chi connectivity index (χ1) is 11.8. The second-order valence-corrected chi connectivity index (χ2v) is 8.91. The van der Waals surface area contributed by atoms with Gasteiger partial charge in [-0.2, -0.15) is 0 Å². The molecule has 9 nitrogen and oxygen atoms in total. The van der Waals surface area contributed by atoms with Crippen molar-refractivity contribution in [3.63, 3.8) is 0 Å². The van der Waals surface area contributed by atoms with Gasteiger partial charge in [-0.3, -0.25) is 9.69 Å². The van der Waals surface area contributed by atoms with Crippen LogP contribution in [0.4, 0.5) is 0 Å². The minimum absolute atomic E-state index is 0.0240. The van der Waals surface area contributed by atoms with E-state index in [4.69, 9.17) is 14.4 Å². The minimum atomic E-state index is -3.30. The molecule has 0 aromatic carbocycles. The van der Waals surface area contributed by atoms with Gasteiger partial charge in [0.25, 0.3) is 6.47 Å². The lowest BCUT2D eigenvalue weighted by Crippen LogP contribution is -2.33. The zero-order chi connectivity index (χ0) is 18.6.